The fourth-order valence-electron chi connectivity index (χ4n) is 2.33. The van der Waals surface area contributed by atoms with Gasteiger partial charge in [-0.05, 0) is 67.9 Å². The maximum Gasteiger partial charge on any atom is 0.255 e. The van der Waals surface area contributed by atoms with E-state index in [0.717, 1.165) is 22.6 Å². The summed E-state index contributed by atoms with van der Waals surface area (Å²) in [6, 6.07) is 22.7. The number of ether oxygens (including phenoxy) is 1. The summed E-state index contributed by atoms with van der Waals surface area (Å²) in [6.07, 6.45) is 0. The molecule has 3 aromatic carbocycles. The Morgan fingerprint density at radius 2 is 1.50 bits per heavy atom. The van der Waals surface area contributed by atoms with Crippen LogP contribution in [-0.4, -0.2) is 5.91 Å². The quantitative estimate of drug-likeness (QED) is 0.704. The molecular weight excluding hydrogens is 298 g/mol. The summed E-state index contributed by atoms with van der Waals surface area (Å²) < 4.78 is 5.79. The first-order valence-electron chi connectivity index (χ1n) is 7.83. The van der Waals surface area contributed by atoms with Crippen molar-refractivity contribution in [2.75, 3.05) is 5.32 Å². The van der Waals surface area contributed by atoms with Gasteiger partial charge in [0.25, 0.3) is 5.91 Å². The van der Waals surface area contributed by atoms with E-state index in [9.17, 15) is 4.79 Å². The zero-order valence-electron chi connectivity index (χ0n) is 13.7. The molecule has 0 aliphatic carbocycles. The molecule has 0 heterocycles. The Labute approximate surface area is 141 Å². The molecule has 0 aliphatic rings. The molecule has 0 atom stereocenters. The molecule has 3 nitrogen and oxygen atoms in total. The third-order valence-electron chi connectivity index (χ3n) is 3.65. The second-order valence-electron chi connectivity index (χ2n) is 5.76. The van der Waals surface area contributed by atoms with Crippen molar-refractivity contribution in [1.29, 1.82) is 0 Å². The summed E-state index contributed by atoms with van der Waals surface area (Å²) in [5, 5.41) is 2.88. The van der Waals surface area contributed by atoms with E-state index in [-0.39, 0.29) is 5.91 Å². The Balaban J connectivity index is 1.67. The number of benzene rings is 3. The largest absolute Gasteiger partial charge is 0.457 e. The number of amides is 1. The van der Waals surface area contributed by atoms with E-state index in [1.165, 1.54) is 0 Å². The highest BCUT2D eigenvalue weighted by atomic mass is 16.5. The van der Waals surface area contributed by atoms with Gasteiger partial charge in [0.2, 0.25) is 0 Å². The van der Waals surface area contributed by atoms with Gasteiger partial charge in [0.05, 0.1) is 0 Å². The first-order valence-corrected chi connectivity index (χ1v) is 7.83. The van der Waals surface area contributed by atoms with Crippen LogP contribution < -0.4 is 10.1 Å². The van der Waals surface area contributed by atoms with E-state index in [0.29, 0.717) is 11.3 Å². The molecule has 0 aliphatic heterocycles. The molecule has 3 heteroatoms. The summed E-state index contributed by atoms with van der Waals surface area (Å²) in [7, 11) is 0. The lowest BCUT2D eigenvalue weighted by Gasteiger charge is -2.08. The van der Waals surface area contributed by atoms with Crippen LogP contribution in [0.5, 0.6) is 11.5 Å². The number of rotatable bonds is 4. The minimum absolute atomic E-state index is 0.138. The van der Waals surface area contributed by atoms with Crippen molar-refractivity contribution in [2.24, 2.45) is 0 Å². The van der Waals surface area contributed by atoms with Crippen LogP contribution in [0.4, 0.5) is 5.69 Å². The minimum atomic E-state index is -0.138. The lowest BCUT2D eigenvalue weighted by molar-refractivity contribution is 0.102. The molecule has 1 N–H and O–H groups in total. The normalized spacial score (nSPS) is 10.2. The van der Waals surface area contributed by atoms with Gasteiger partial charge in [-0.1, -0.05) is 29.8 Å². The molecule has 0 saturated heterocycles. The summed E-state index contributed by atoms with van der Waals surface area (Å²) in [5.41, 5.74) is 3.67. The van der Waals surface area contributed by atoms with Crippen LogP contribution in [0, 0.1) is 13.8 Å². The minimum Gasteiger partial charge on any atom is -0.457 e. The number of hydrogen-bond acceptors (Lipinski definition) is 2. The molecule has 120 valence electrons. The van der Waals surface area contributed by atoms with Crippen LogP contribution in [0.3, 0.4) is 0 Å². The Hall–Kier alpha value is -3.07. The molecule has 24 heavy (non-hydrogen) atoms. The van der Waals surface area contributed by atoms with E-state index < -0.39 is 0 Å². The number of carbonyl (C=O) groups excluding carboxylic acids is 1. The van der Waals surface area contributed by atoms with E-state index in [2.05, 4.69) is 5.32 Å². The average Bonchev–Trinajstić information content (AvgIpc) is 2.57. The third-order valence-corrected chi connectivity index (χ3v) is 3.65. The predicted octanol–water partition coefficient (Wildman–Crippen LogP) is 5.35. The number of aryl methyl sites for hydroxylation is 2. The van der Waals surface area contributed by atoms with Gasteiger partial charge < -0.3 is 10.1 Å². The van der Waals surface area contributed by atoms with Crippen molar-refractivity contribution in [3.8, 4) is 11.5 Å². The molecule has 0 radical (unpaired) electrons. The van der Waals surface area contributed by atoms with Gasteiger partial charge in [-0.3, -0.25) is 4.79 Å². The van der Waals surface area contributed by atoms with Crippen LogP contribution in [0.2, 0.25) is 0 Å². The zero-order valence-corrected chi connectivity index (χ0v) is 13.7. The topological polar surface area (TPSA) is 38.3 Å². The molecule has 0 spiro atoms. The Morgan fingerprint density at radius 3 is 2.17 bits per heavy atom. The molecular formula is C21H19NO2. The number of anilines is 1. The van der Waals surface area contributed by atoms with Gasteiger partial charge in [-0.25, -0.2) is 0 Å². The Kier molecular flexibility index (Phi) is 4.62. The van der Waals surface area contributed by atoms with Crippen LogP contribution in [-0.2, 0) is 0 Å². The van der Waals surface area contributed by atoms with Crippen molar-refractivity contribution in [2.45, 2.75) is 13.8 Å². The van der Waals surface area contributed by atoms with Crippen molar-refractivity contribution in [3.05, 3.63) is 89.5 Å². The Morgan fingerprint density at radius 1 is 0.792 bits per heavy atom. The second-order valence-corrected chi connectivity index (χ2v) is 5.76. The van der Waals surface area contributed by atoms with E-state index >= 15 is 0 Å². The maximum absolute atomic E-state index is 12.3. The van der Waals surface area contributed by atoms with Gasteiger partial charge in [-0.2, -0.15) is 0 Å². The Bertz CT molecular complexity index is 836. The van der Waals surface area contributed by atoms with Gasteiger partial charge >= 0.3 is 0 Å². The van der Waals surface area contributed by atoms with Gasteiger partial charge in [-0.15, -0.1) is 0 Å². The van der Waals surface area contributed by atoms with E-state index in [1.807, 2.05) is 62.4 Å². The smallest absolute Gasteiger partial charge is 0.255 e. The van der Waals surface area contributed by atoms with E-state index in [4.69, 9.17) is 4.74 Å². The molecule has 0 aromatic heterocycles. The molecule has 3 rings (SSSR count). The summed E-state index contributed by atoms with van der Waals surface area (Å²) in [4.78, 5) is 12.3. The molecule has 0 unspecified atom stereocenters. The highest BCUT2D eigenvalue weighted by molar-refractivity contribution is 6.04. The summed E-state index contributed by atoms with van der Waals surface area (Å²) in [6.45, 7) is 4.03. The molecule has 0 saturated carbocycles. The second kappa shape index (κ2) is 7.01. The SMILES string of the molecule is Cc1ccc(NC(=O)c2ccc(Oc3cccc(C)c3)cc2)cc1. The zero-order chi connectivity index (χ0) is 16.9. The van der Waals surface area contributed by atoms with Crippen LogP contribution >= 0.6 is 0 Å². The fraction of sp³-hybridized carbons (Fsp3) is 0.0952. The van der Waals surface area contributed by atoms with Crippen LogP contribution in [0.1, 0.15) is 21.5 Å². The number of nitrogens with one attached hydrogen (secondary N) is 1. The van der Waals surface area contributed by atoms with Gasteiger partial charge in [0, 0.05) is 11.3 Å². The lowest BCUT2D eigenvalue weighted by Crippen LogP contribution is -2.11. The fourth-order valence-corrected chi connectivity index (χ4v) is 2.33. The lowest BCUT2D eigenvalue weighted by atomic mass is 10.2. The standard InChI is InChI=1S/C21H19NO2/c1-15-6-10-18(11-7-15)22-21(23)17-8-12-19(13-9-17)24-20-5-3-4-16(2)14-20/h3-14H,1-2H3,(H,22,23). The summed E-state index contributed by atoms with van der Waals surface area (Å²) >= 11 is 0. The van der Waals surface area contributed by atoms with Crippen molar-refractivity contribution in [1.82, 2.24) is 0 Å². The molecule has 3 aromatic rings. The van der Waals surface area contributed by atoms with Crippen molar-refractivity contribution < 1.29 is 9.53 Å². The highest BCUT2D eigenvalue weighted by Gasteiger charge is 2.06. The van der Waals surface area contributed by atoms with E-state index in [1.54, 1.807) is 24.3 Å². The first kappa shape index (κ1) is 15.8. The summed E-state index contributed by atoms with van der Waals surface area (Å²) in [5.74, 6) is 1.35. The first-order chi connectivity index (χ1) is 11.6. The maximum atomic E-state index is 12.3. The highest BCUT2D eigenvalue weighted by Crippen LogP contribution is 2.22. The number of carbonyl (C=O) groups is 1. The number of hydrogen-bond donors (Lipinski definition) is 1. The van der Waals surface area contributed by atoms with Gasteiger partial charge in [0.15, 0.2) is 0 Å². The molecule has 0 fully saturated rings. The predicted molar refractivity (Wildman–Crippen MR) is 96.8 cm³/mol. The van der Waals surface area contributed by atoms with Crippen LogP contribution in [0.15, 0.2) is 72.8 Å². The van der Waals surface area contributed by atoms with Gasteiger partial charge in [0.1, 0.15) is 11.5 Å². The monoisotopic (exact) mass is 317 g/mol. The average molecular weight is 317 g/mol. The van der Waals surface area contributed by atoms with Crippen molar-refractivity contribution >= 4 is 11.6 Å². The van der Waals surface area contributed by atoms with Crippen LogP contribution in [0.25, 0.3) is 0 Å². The van der Waals surface area contributed by atoms with Crippen molar-refractivity contribution in [3.63, 3.8) is 0 Å². The molecule has 1 amide bonds. The molecule has 0 bridgehead atoms. The third kappa shape index (κ3) is 4.02.